The average molecular weight is 268 g/mol. The van der Waals surface area contributed by atoms with Gasteiger partial charge in [0, 0.05) is 12.3 Å². The van der Waals surface area contributed by atoms with Gasteiger partial charge in [-0.2, -0.15) is 0 Å². The van der Waals surface area contributed by atoms with Crippen LogP contribution in [-0.2, 0) is 11.2 Å². The molecule has 1 heteroatoms. The van der Waals surface area contributed by atoms with Crippen molar-refractivity contribution in [3.63, 3.8) is 0 Å². The van der Waals surface area contributed by atoms with E-state index in [1.807, 2.05) is 6.92 Å². The fourth-order valence-corrected chi connectivity index (χ4v) is 2.75. The Hall–Kier alpha value is -1.63. The summed E-state index contributed by atoms with van der Waals surface area (Å²) in [6.45, 7) is 8.44. The van der Waals surface area contributed by atoms with E-state index < -0.39 is 0 Å². The molecule has 1 atom stereocenters. The first kappa shape index (κ1) is 14.8. The Morgan fingerprint density at radius 2 is 1.70 bits per heavy atom. The van der Waals surface area contributed by atoms with Crippen LogP contribution in [0.3, 0.4) is 0 Å². The van der Waals surface area contributed by atoms with E-state index >= 15 is 0 Å². The summed E-state index contributed by atoms with van der Waals surface area (Å²) in [6, 6.07) is 14.9. The van der Waals surface area contributed by atoms with Crippen molar-refractivity contribution >= 4 is 16.6 Å². The molecule has 1 nitrogen and oxygen atoms in total. The lowest BCUT2D eigenvalue weighted by Crippen LogP contribution is -2.30. The Kier molecular flexibility index (Phi) is 4.27. The molecule has 0 radical (unpaired) electrons. The van der Waals surface area contributed by atoms with Crippen LogP contribution in [0.1, 0.15) is 39.7 Å². The molecular weight excluding hydrogens is 244 g/mol. The normalized spacial score (nSPS) is 13.4. The van der Waals surface area contributed by atoms with Gasteiger partial charge in [0.15, 0.2) is 0 Å². The number of ketones is 1. The Labute approximate surface area is 122 Å². The van der Waals surface area contributed by atoms with Crippen LogP contribution in [-0.4, -0.2) is 5.78 Å². The predicted octanol–water partition coefficient (Wildman–Crippen LogP) is 5.02. The topological polar surface area (TPSA) is 17.1 Å². The number of carbonyl (C=O) groups excluding carboxylic acids is 1. The lowest BCUT2D eigenvalue weighted by Gasteiger charge is -2.29. The van der Waals surface area contributed by atoms with Crippen LogP contribution < -0.4 is 0 Å². The lowest BCUT2D eigenvalue weighted by atomic mass is 9.74. The molecule has 0 aromatic heterocycles. The third-order valence-corrected chi connectivity index (χ3v) is 4.04. The molecule has 2 aromatic rings. The molecule has 0 saturated carbocycles. The SMILES string of the molecule is CCC(=O)[C@H](Cc1ccc2ccccc2c1)C(C)(C)C. The van der Waals surface area contributed by atoms with Crippen molar-refractivity contribution in [2.45, 2.75) is 40.5 Å². The molecule has 0 aliphatic heterocycles. The summed E-state index contributed by atoms with van der Waals surface area (Å²) in [5, 5.41) is 2.51. The predicted molar refractivity (Wildman–Crippen MR) is 85.9 cm³/mol. The number of carbonyl (C=O) groups is 1. The number of Topliss-reactive ketones (excluding diaryl/α,β-unsaturated/α-hetero) is 1. The minimum Gasteiger partial charge on any atom is -0.299 e. The summed E-state index contributed by atoms with van der Waals surface area (Å²) in [4.78, 5) is 12.2. The average Bonchev–Trinajstić information content (AvgIpc) is 2.42. The van der Waals surface area contributed by atoms with Gasteiger partial charge in [0.2, 0.25) is 0 Å². The summed E-state index contributed by atoms with van der Waals surface area (Å²) < 4.78 is 0. The number of hydrogen-bond acceptors (Lipinski definition) is 1. The van der Waals surface area contributed by atoms with Gasteiger partial charge in [0.1, 0.15) is 5.78 Å². The van der Waals surface area contributed by atoms with E-state index in [2.05, 4.69) is 63.2 Å². The third kappa shape index (κ3) is 3.27. The highest BCUT2D eigenvalue weighted by Gasteiger charge is 2.29. The number of fused-ring (bicyclic) bond motifs is 1. The van der Waals surface area contributed by atoms with Gasteiger partial charge in [-0.15, -0.1) is 0 Å². The van der Waals surface area contributed by atoms with E-state index in [9.17, 15) is 4.79 Å². The second kappa shape index (κ2) is 5.78. The van der Waals surface area contributed by atoms with Crippen molar-refractivity contribution in [2.75, 3.05) is 0 Å². The molecule has 2 rings (SSSR count). The standard InChI is InChI=1S/C19H24O/c1-5-18(20)17(19(2,3)4)13-14-10-11-15-8-6-7-9-16(15)12-14/h6-12,17H,5,13H2,1-4H3/t17-/m0/s1. The summed E-state index contributed by atoms with van der Waals surface area (Å²) >= 11 is 0. The van der Waals surface area contributed by atoms with Gasteiger partial charge >= 0.3 is 0 Å². The van der Waals surface area contributed by atoms with Crippen molar-refractivity contribution in [3.05, 3.63) is 48.0 Å². The smallest absolute Gasteiger partial charge is 0.136 e. The van der Waals surface area contributed by atoms with E-state index in [0.29, 0.717) is 12.2 Å². The molecule has 0 aliphatic rings. The molecule has 20 heavy (non-hydrogen) atoms. The van der Waals surface area contributed by atoms with E-state index in [1.54, 1.807) is 0 Å². The van der Waals surface area contributed by atoms with E-state index in [-0.39, 0.29) is 11.3 Å². The molecule has 0 aliphatic carbocycles. The van der Waals surface area contributed by atoms with Crippen LogP contribution in [0.25, 0.3) is 10.8 Å². The van der Waals surface area contributed by atoms with Crippen LogP contribution in [0.4, 0.5) is 0 Å². The minimum atomic E-state index is 0.0126. The molecule has 0 amide bonds. The molecule has 0 saturated heterocycles. The van der Waals surface area contributed by atoms with Crippen LogP contribution >= 0.6 is 0 Å². The van der Waals surface area contributed by atoms with Crippen LogP contribution in [0.2, 0.25) is 0 Å². The highest BCUT2D eigenvalue weighted by molar-refractivity contribution is 5.84. The van der Waals surface area contributed by atoms with Gasteiger partial charge in [-0.25, -0.2) is 0 Å². The summed E-state index contributed by atoms with van der Waals surface area (Å²) in [5.41, 5.74) is 1.27. The maximum atomic E-state index is 12.2. The van der Waals surface area contributed by atoms with Crippen molar-refractivity contribution in [3.8, 4) is 0 Å². The van der Waals surface area contributed by atoms with E-state index in [4.69, 9.17) is 0 Å². The van der Waals surface area contributed by atoms with Crippen molar-refractivity contribution in [1.82, 2.24) is 0 Å². The van der Waals surface area contributed by atoms with Gasteiger partial charge < -0.3 is 0 Å². The second-order valence-corrected chi connectivity index (χ2v) is 6.62. The zero-order valence-corrected chi connectivity index (χ0v) is 12.9. The summed E-state index contributed by atoms with van der Waals surface area (Å²) in [7, 11) is 0. The monoisotopic (exact) mass is 268 g/mol. The first-order valence-corrected chi connectivity index (χ1v) is 7.42. The molecular formula is C19H24O. The molecule has 0 heterocycles. The van der Waals surface area contributed by atoms with E-state index in [0.717, 1.165) is 6.42 Å². The van der Waals surface area contributed by atoms with Gasteiger partial charge in [0.05, 0.1) is 0 Å². The van der Waals surface area contributed by atoms with Crippen molar-refractivity contribution in [2.24, 2.45) is 11.3 Å². The maximum Gasteiger partial charge on any atom is 0.136 e. The molecule has 106 valence electrons. The van der Waals surface area contributed by atoms with Gasteiger partial charge in [-0.1, -0.05) is 70.2 Å². The van der Waals surface area contributed by atoms with Crippen LogP contribution in [0.15, 0.2) is 42.5 Å². The van der Waals surface area contributed by atoms with Gasteiger partial charge in [-0.05, 0) is 28.2 Å². The first-order valence-electron chi connectivity index (χ1n) is 7.42. The molecule has 0 spiro atoms. The largest absolute Gasteiger partial charge is 0.299 e. The van der Waals surface area contributed by atoms with E-state index in [1.165, 1.54) is 16.3 Å². The highest BCUT2D eigenvalue weighted by atomic mass is 16.1. The highest BCUT2D eigenvalue weighted by Crippen LogP contribution is 2.31. The minimum absolute atomic E-state index is 0.0126. The van der Waals surface area contributed by atoms with Crippen LogP contribution in [0.5, 0.6) is 0 Å². The van der Waals surface area contributed by atoms with Gasteiger partial charge in [-0.3, -0.25) is 4.79 Å². The third-order valence-electron chi connectivity index (χ3n) is 4.04. The Morgan fingerprint density at radius 3 is 2.30 bits per heavy atom. The number of rotatable bonds is 4. The molecule has 2 aromatic carbocycles. The first-order chi connectivity index (χ1) is 9.41. The fourth-order valence-electron chi connectivity index (χ4n) is 2.75. The second-order valence-electron chi connectivity index (χ2n) is 6.62. The zero-order chi connectivity index (χ0) is 14.8. The zero-order valence-electron chi connectivity index (χ0n) is 12.9. The molecule has 0 unspecified atom stereocenters. The summed E-state index contributed by atoms with van der Waals surface area (Å²) in [5.74, 6) is 0.458. The summed E-state index contributed by atoms with van der Waals surface area (Å²) in [6.07, 6.45) is 1.45. The molecule has 0 fully saturated rings. The maximum absolute atomic E-state index is 12.2. The quantitative estimate of drug-likeness (QED) is 0.760. The van der Waals surface area contributed by atoms with Crippen LogP contribution in [0, 0.1) is 11.3 Å². The number of benzene rings is 2. The van der Waals surface area contributed by atoms with Crippen molar-refractivity contribution < 1.29 is 4.79 Å². The Balaban J connectivity index is 2.31. The lowest BCUT2D eigenvalue weighted by molar-refractivity contribution is -0.125. The van der Waals surface area contributed by atoms with Gasteiger partial charge in [0.25, 0.3) is 0 Å². The van der Waals surface area contributed by atoms with Crippen molar-refractivity contribution in [1.29, 1.82) is 0 Å². The molecule has 0 bridgehead atoms. The fraction of sp³-hybridized carbons (Fsp3) is 0.421. The Morgan fingerprint density at radius 1 is 1.05 bits per heavy atom. The number of hydrogen-bond donors (Lipinski definition) is 0. The molecule has 0 N–H and O–H groups in total. The Bertz CT molecular complexity index is 604.